The van der Waals surface area contributed by atoms with Gasteiger partial charge in [-0.15, -0.1) is 11.8 Å². The highest BCUT2D eigenvalue weighted by Crippen LogP contribution is 2.50. The van der Waals surface area contributed by atoms with E-state index in [0.29, 0.717) is 51.5 Å². The average molecular weight is 1070 g/mol. The van der Waals surface area contributed by atoms with Gasteiger partial charge in [0.15, 0.2) is 33.3 Å². The molecule has 64 heavy (non-hydrogen) atoms. The predicted octanol–water partition coefficient (Wildman–Crippen LogP) is 7.03. The van der Waals surface area contributed by atoms with Crippen LogP contribution in [0, 0.1) is 29.6 Å². The van der Waals surface area contributed by atoms with Crippen LogP contribution in [0.2, 0.25) is 10.0 Å². The van der Waals surface area contributed by atoms with Crippen molar-refractivity contribution < 1.29 is 57.4 Å². The summed E-state index contributed by atoms with van der Waals surface area (Å²) >= 11 is 15.8. The minimum atomic E-state index is -1.45. The molecule has 3 fully saturated rings. The van der Waals surface area contributed by atoms with Crippen molar-refractivity contribution in [3.05, 3.63) is 46.2 Å². The number of aromatic nitrogens is 1. The van der Waals surface area contributed by atoms with Crippen molar-refractivity contribution in [1.82, 2.24) is 9.88 Å². The standard InChI is InChI=1S/C45H62Cl2IN3O12S/c1-22-18-44(6,58-11)39(61-42-37(54)31(51(8)9)16-23(2)60-42)25(4)36(53)26(5)40(55)62-43(48)45(7)34(24(3)35(22)52)38(41(56)63-45)64-15-14-59-33-17-27(12-13-32(33)57-10)50-19-28-29(46)20-49-21-30(28)47/h12-13,17,20-26,31,34,37-39,42-43,50,54H,14-16,18-19H2,1-11H3/t22-,23-,24-,25+,26-,31+,34+,37-,38+,39-,42+,43+,44-,45+/m1/s1. The van der Waals surface area contributed by atoms with Crippen molar-refractivity contribution in [2.45, 2.75) is 119 Å². The maximum absolute atomic E-state index is 14.8. The van der Waals surface area contributed by atoms with Gasteiger partial charge in [0.25, 0.3) is 0 Å². The van der Waals surface area contributed by atoms with Gasteiger partial charge in [-0.2, -0.15) is 0 Å². The fourth-order valence-electron chi connectivity index (χ4n) is 9.16. The molecule has 1 aromatic heterocycles. The van der Waals surface area contributed by atoms with E-state index in [1.165, 1.54) is 45.3 Å². The van der Waals surface area contributed by atoms with Gasteiger partial charge in [0, 0.05) is 78.8 Å². The van der Waals surface area contributed by atoms with Crippen LogP contribution in [0.25, 0.3) is 0 Å². The van der Waals surface area contributed by atoms with Gasteiger partial charge in [0.1, 0.15) is 23.1 Å². The summed E-state index contributed by atoms with van der Waals surface area (Å²) in [6.07, 6.45) is 0.127. The number of anilines is 1. The van der Waals surface area contributed by atoms with Gasteiger partial charge in [0.05, 0.1) is 41.6 Å². The van der Waals surface area contributed by atoms with Crippen LogP contribution in [0.4, 0.5) is 5.69 Å². The molecule has 2 aromatic rings. The summed E-state index contributed by atoms with van der Waals surface area (Å²) in [4.78, 5) is 62.8. The number of aliphatic hydroxyl groups excluding tert-OH is 1. The van der Waals surface area contributed by atoms with Crippen molar-refractivity contribution in [3.8, 4) is 11.5 Å². The van der Waals surface area contributed by atoms with E-state index in [1.54, 1.807) is 46.8 Å². The fraction of sp³-hybridized carbons (Fsp3) is 0.667. The zero-order chi connectivity index (χ0) is 47.4. The van der Waals surface area contributed by atoms with E-state index in [2.05, 4.69) is 10.3 Å². The number of methoxy groups -OCH3 is 2. The number of carbonyl (C=O) groups is 4. The average Bonchev–Trinajstić information content (AvgIpc) is 3.52. The molecule has 1 aromatic carbocycles. The number of thioether (sulfide) groups is 1. The number of halogens is 3. The molecule has 3 aliphatic heterocycles. The summed E-state index contributed by atoms with van der Waals surface area (Å²) in [7, 11) is 6.73. The second-order valence-corrected chi connectivity index (χ2v) is 20.9. The number of nitrogens with zero attached hydrogens (tertiary/aromatic N) is 2. The molecule has 5 rings (SSSR count). The number of hydrogen-bond acceptors (Lipinski definition) is 16. The first-order chi connectivity index (χ1) is 30.1. The lowest BCUT2D eigenvalue weighted by Crippen LogP contribution is -2.59. The lowest BCUT2D eigenvalue weighted by atomic mass is 9.72. The molecule has 3 saturated heterocycles. The number of ketones is 2. The van der Waals surface area contributed by atoms with Gasteiger partial charge in [0.2, 0.25) is 0 Å². The number of ether oxygens (including phenoxy) is 7. The van der Waals surface area contributed by atoms with Crippen LogP contribution >= 0.6 is 57.6 Å². The summed E-state index contributed by atoms with van der Waals surface area (Å²) in [5.74, 6) is -5.28. The minimum absolute atomic E-state index is 0.0964. The number of aliphatic hydroxyl groups is 1. The van der Waals surface area contributed by atoms with E-state index in [9.17, 15) is 24.3 Å². The number of alkyl halides is 1. The molecule has 0 aliphatic carbocycles. The third kappa shape index (κ3) is 11.4. The highest BCUT2D eigenvalue weighted by atomic mass is 127. The van der Waals surface area contributed by atoms with Crippen LogP contribution < -0.4 is 14.8 Å². The minimum Gasteiger partial charge on any atom is -0.493 e. The van der Waals surface area contributed by atoms with Crippen LogP contribution in [0.1, 0.15) is 66.9 Å². The van der Waals surface area contributed by atoms with Gasteiger partial charge >= 0.3 is 11.9 Å². The van der Waals surface area contributed by atoms with Crippen LogP contribution in [0.5, 0.6) is 11.5 Å². The third-order valence-corrected chi connectivity index (χ3v) is 16.3. The summed E-state index contributed by atoms with van der Waals surface area (Å²) < 4.78 is 41.7. The Morgan fingerprint density at radius 1 is 0.984 bits per heavy atom. The first-order valence-corrected chi connectivity index (χ1v) is 24.4. The normalized spacial score (nSPS) is 35.3. The lowest BCUT2D eigenvalue weighted by Gasteiger charge is -2.47. The Hall–Kier alpha value is -2.49. The molecule has 0 unspecified atom stereocenters. The van der Waals surface area contributed by atoms with Gasteiger partial charge in [-0.05, 0) is 89.4 Å². The van der Waals surface area contributed by atoms with E-state index in [-0.39, 0.29) is 31.0 Å². The van der Waals surface area contributed by atoms with E-state index in [0.717, 1.165) is 0 Å². The number of rotatable bonds is 13. The van der Waals surface area contributed by atoms with Gasteiger partial charge < -0.3 is 48.5 Å². The van der Waals surface area contributed by atoms with Gasteiger partial charge in [-0.3, -0.25) is 24.2 Å². The van der Waals surface area contributed by atoms with E-state index < -0.39 is 86.4 Å². The first-order valence-electron chi connectivity index (χ1n) is 21.4. The quantitative estimate of drug-likeness (QED) is 0.0686. The molecule has 0 amide bonds. The monoisotopic (exact) mass is 1070 g/mol. The largest absolute Gasteiger partial charge is 0.493 e. The highest BCUT2D eigenvalue weighted by molar-refractivity contribution is 14.1. The smallest absolute Gasteiger partial charge is 0.320 e. The molecule has 356 valence electrons. The molecule has 15 nitrogen and oxygen atoms in total. The maximum atomic E-state index is 14.8. The molecule has 3 aliphatic rings. The van der Waals surface area contributed by atoms with Crippen LogP contribution in [0.15, 0.2) is 30.6 Å². The van der Waals surface area contributed by atoms with Crippen molar-refractivity contribution in [2.75, 3.05) is 46.0 Å². The molecule has 0 radical (unpaired) electrons. The number of nitrogens with one attached hydrogen (secondary N) is 1. The lowest BCUT2D eigenvalue weighted by molar-refractivity contribution is -0.295. The first kappa shape index (κ1) is 52.5. The third-order valence-electron chi connectivity index (χ3n) is 12.9. The molecule has 0 saturated carbocycles. The summed E-state index contributed by atoms with van der Waals surface area (Å²) in [5.41, 5.74) is -1.35. The Morgan fingerprint density at radius 2 is 1.66 bits per heavy atom. The van der Waals surface area contributed by atoms with Crippen molar-refractivity contribution in [1.29, 1.82) is 0 Å². The molecular weight excluding hydrogens is 1000 g/mol. The Labute approximate surface area is 404 Å². The number of benzene rings is 1. The Kier molecular flexibility index (Phi) is 18.1. The van der Waals surface area contributed by atoms with Gasteiger partial charge in [-0.25, -0.2) is 0 Å². The molecule has 4 heterocycles. The molecule has 2 N–H and O–H groups in total. The van der Waals surface area contributed by atoms with Gasteiger partial charge in [-0.1, -0.05) is 44.0 Å². The van der Waals surface area contributed by atoms with Crippen molar-refractivity contribution in [3.63, 3.8) is 0 Å². The van der Waals surface area contributed by atoms with E-state index in [4.69, 9.17) is 56.4 Å². The summed E-state index contributed by atoms with van der Waals surface area (Å²) in [5, 5.41) is 14.8. The Morgan fingerprint density at radius 3 is 2.28 bits per heavy atom. The second kappa shape index (κ2) is 22.1. The Bertz CT molecular complexity index is 1980. The topological polar surface area (TPSA) is 181 Å². The number of cyclic esters (lactones) is 1. The zero-order valence-corrected chi connectivity index (χ0v) is 42.7. The SMILES string of the molecule is COc1ccc(NCc2c(Cl)cncc2Cl)cc1OCCS[C@@H]1C(=O)O[C@@]2(C)[C@H]1[C@@H](C)C(=O)[C@H](C)C[C@@](C)(OC)[C@H](O[C@@H]1O[C@H](C)C[C@H](N(C)C)[C@H]1O)[C@@H](C)C(=O)[C@@H](C)C(=O)O[C@@H]2I. The zero-order valence-electron chi connectivity index (χ0n) is 38.2. The number of pyridine rings is 1. The molecule has 19 heteroatoms. The Balaban J connectivity index is 1.39. The van der Waals surface area contributed by atoms with Crippen molar-refractivity contribution >= 4 is 86.7 Å². The number of likely N-dealkylation sites (N-methyl/N-ethyl adjacent to an activating group) is 1. The van der Waals surface area contributed by atoms with Crippen LogP contribution in [0.3, 0.4) is 0 Å². The highest BCUT2D eigenvalue weighted by Gasteiger charge is 2.61. The van der Waals surface area contributed by atoms with Crippen LogP contribution in [-0.4, -0.2) is 130 Å². The molecule has 14 atom stereocenters. The number of esters is 2. The van der Waals surface area contributed by atoms with E-state index >= 15 is 0 Å². The number of hydrogen-bond donors (Lipinski definition) is 2. The second-order valence-electron chi connectivity index (χ2n) is 17.7. The van der Waals surface area contributed by atoms with E-state index in [1.807, 2.05) is 54.6 Å². The molecular formula is C45H62Cl2IN3O12S. The number of carbonyl (C=O) groups excluding carboxylic acids is 4. The summed E-state index contributed by atoms with van der Waals surface area (Å²) in [6.45, 7) is 12.5. The molecule has 0 bridgehead atoms. The van der Waals surface area contributed by atoms with Crippen molar-refractivity contribution in [2.24, 2.45) is 29.6 Å². The molecule has 0 spiro atoms. The predicted molar refractivity (Wildman–Crippen MR) is 252 cm³/mol. The summed E-state index contributed by atoms with van der Waals surface area (Å²) in [6, 6.07) is 5.07. The van der Waals surface area contributed by atoms with Crippen LogP contribution in [-0.2, 0) is 49.4 Å². The fourth-order valence-corrected chi connectivity index (χ4v) is 11.8. The number of fused-ring (bicyclic) bond motifs is 1. The maximum Gasteiger partial charge on any atom is 0.320 e. The number of Topliss-reactive ketones (excluding diaryl/α,β-unsaturated/α-hetero) is 2.